The van der Waals surface area contributed by atoms with E-state index in [9.17, 15) is 20.2 Å². The number of nitriles is 1. The lowest BCUT2D eigenvalue weighted by atomic mass is 10.1. The lowest BCUT2D eigenvalue weighted by molar-refractivity contribution is -0.384. The van der Waals surface area contributed by atoms with E-state index in [2.05, 4.69) is 10.6 Å². The first-order valence-electron chi connectivity index (χ1n) is 8.50. The minimum atomic E-state index is -0.537. The SMILES string of the molecule is N#Cc1cc([N+](=O)[O-])ccc1NCc1cccc(NC(=O)C2CCCO2)c1. The summed E-state index contributed by atoms with van der Waals surface area (Å²) in [4.78, 5) is 22.4. The number of ether oxygens (including phenoxy) is 1. The van der Waals surface area contributed by atoms with E-state index in [1.165, 1.54) is 18.2 Å². The molecule has 0 aromatic heterocycles. The van der Waals surface area contributed by atoms with E-state index in [0.29, 0.717) is 24.5 Å². The van der Waals surface area contributed by atoms with Crippen LogP contribution in [0.4, 0.5) is 17.1 Å². The van der Waals surface area contributed by atoms with Crippen molar-refractivity contribution in [3.8, 4) is 6.07 Å². The lowest BCUT2D eigenvalue weighted by Crippen LogP contribution is -2.26. The number of nitrogens with one attached hydrogen (secondary N) is 2. The van der Waals surface area contributed by atoms with Crippen LogP contribution in [0.3, 0.4) is 0 Å². The first-order chi connectivity index (χ1) is 13.1. The van der Waals surface area contributed by atoms with Crippen LogP contribution < -0.4 is 10.6 Å². The monoisotopic (exact) mass is 366 g/mol. The van der Waals surface area contributed by atoms with Crippen LogP contribution in [0.2, 0.25) is 0 Å². The smallest absolute Gasteiger partial charge is 0.270 e. The van der Waals surface area contributed by atoms with E-state index in [0.717, 1.165) is 18.4 Å². The summed E-state index contributed by atoms with van der Waals surface area (Å²) in [5.41, 5.74) is 2.14. The summed E-state index contributed by atoms with van der Waals surface area (Å²) in [6.45, 7) is 1.01. The summed E-state index contributed by atoms with van der Waals surface area (Å²) in [5.74, 6) is -0.153. The van der Waals surface area contributed by atoms with Gasteiger partial charge in [0, 0.05) is 31.0 Å². The Bertz CT molecular complexity index is 901. The fourth-order valence-electron chi connectivity index (χ4n) is 2.86. The molecule has 1 aliphatic rings. The Hall–Kier alpha value is -3.44. The summed E-state index contributed by atoms with van der Waals surface area (Å²) in [7, 11) is 0. The largest absolute Gasteiger partial charge is 0.380 e. The molecule has 2 aromatic rings. The Morgan fingerprint density at radius 1 is 1.33 bits per heavy atom. The number of carbonyl (C=O) groups excluding carboxylic acids is 1. The maximum absolute atomic E-state index is 12.1. The van der Waals surface area contributed by atoms with Crippen molar-refractivity contribution in [1.29, 1.82) is 5.26 Å². The van der Waals surface area contributed by atoms with Gasteiger partial charge in [-0.15, -0.1) is 0 Å². The van der Waals surface area contributed by atoms with Gasteiger partial charge in [-0.05, 0) is 36.6 Å². The number of benzene rings is 2. The van der Waals surface area contributed by atoms with Crippen molar-refractivity contribution in [2.75, 3.05) is 17.2 Å². The predicted octanol–water partition coefficient (Wildman–Crippen LogP) is 3.20. The normalized spacial score (nSPS) is 15.7. The molecule has 0 radical (unpaired) electrons. The number of hydrogen-bond acceptors (Lipinski definition) is 6. The zero-order valence-corrected chi connectivity index (χ0v) is 14.5. The maximum Gasteiger partial charge on any atom is 0.270 e. The number of carbonyl (C=O) groups is 1. The molecule has 1 saturated heterocycles. The average molecular weight is 366 g/mol. The molecule has 0 spiro atoms. The number of nitro groups is 1. The van der Waals surface area contributed by atoms with E-state index in [1.54, 1.807) is 6.07 Å². The average Bonchev–Trinajstić information content (AvgIpc) is 3.21. The molecule has 1 heterocycles. The van der Waals surface area contributed by atoms with E-state index in [1.807, 2.05) is 24.3 Å². The summed E-state index contributed by atoms with van der Waals surface area (Å²) in [5, 5.41) is 26.0. The second-order valence-electron chi connectivity index (χ2n) is 6.14. The number of hydrogen-bond donors (Lipinski definition) is 2. The second-order valence-corrected chi connectivity index (χ2v) is 6.14. The van der Waals surface area contributed by atoms with Gasteiger partial charge in [-0.3, -0.25) is 14.9 Å². The minimum absolute atomic E-state index is 0.129. The molecule has 1 unspecified atom stereocenters. The quantitative estimate of drug-likeness (QED) is 0.599. The van der Waals surface area contributed by atoms with Crippen LogP contribution in [0.5, 0.6) is 0 Å². The molecule has 2 aromatic carbocycles. The third-order valence-corrected chi connectivity index (χ3v) is 4.23. The summed E-state index contributed by atoms with van der Waals surface area (Å²) >= 11 is 0. The van der Waals surface area contributed by atoms with Gasteiger partial charge in [0.2, 0.25) is 0 Å². The Morgan fingerprint density at radius 3 is 2.89 bits per heavy atom. The topological polar surface area (TPSA) is 117 Å². The summed E-state index contributed by atoms with van der Waals surface area (Å²) in [6.07, 6.45) is 1.22. The molecule has 0 aliphatic carbocycles. The Kier molecular flexibility index (Phi) is 5.64. The van der Waals surface area contributed by atoms with Crippen LogP contribution >= 0.6 is 0 Å². The highest BCUT2D eigenvalue weighted by Crippen LogP contribution is 2.22. The van der Waals surface area contributed by atoms with Crippen molar-refractivity contribution in [1.82, 2.24) is 0 Å². The Morgan fingerprint density at radius 2 is 2.19 bits per heavy atom. The molecule has 2 N–H and O–H groups in total. The third kappa shape index (κ3) is 4.59. The molecule has 1 atom stereocenters. The Balaban J connectivity index is 1.65. The van der Waals surface area contributed by atoms with Gasteiger partial charge in [-0.2, -0.15) is 5.26 Å². The lowest BCUT2D eigenvalue weighted by Gasteiger charge is -2.12. The van der Waals surface area contributed by atoms with Crippen molar-refractivity contribution in [2.24, 2.45) is 0 Å². The summed E-state index contributed by atoms with van der Waals surface area (Å²) in [6, 6.07) is 13.4. The standard InChI is InChI=1S/C19H18N4O4/c20-11-14-10-16(23(25)26)6-7-17(14)21-12-13-3-1-4-15(9-13)22-19(24)18-5-2-8-27-18/h1,3-4,6-7,9-10,18,21H,2,5,8,12H2,(H,22,24). The molecule has 138 valence electrons. The van der Waals surface area contributed by atoms with Crippen molar-refractivity contribution >= 4 is 23.0 Å². The van der Waals surface area contributed by atoms with Crippen LogP contribution in [-0.4, -0.2) is 23.5 Å². The van der Waals surface area contributed by atoms with Crippen molar-refractivity contribution in [3.05, 3.63) is 63.7 Å². The molecule has 0 bridgehead atoms. The van der Waals surface area contributed by atoms with E-state index < -0.39 is 11.0 Å². The number of non-ortho nitro benzene ring substituents is 1. The van der Waals surface area contributed by atoms with Gasteiger partial charge >= 0.3 is 0 Å². The molecule has 3 rings (SSSR count). The summed E-state index contributed by atoms with van der Waals surface area (Å²) < 4.78 is 5.37. The molecule has 0 saturated carbocycles. The molecule has 1 aliphatic heterocycles. The van der Waals surface area contributed by atoms with Crippen molar-refractivity contribution < 1.29 is 14.5 Å². The molecule has 1 fully saturated rings. The van der Waals surface area contributed by atoms with Crippen molar-refractivity contribution in [2.45, 2.75) is 25.5 Å². The molecular formula is C19H18N4O4. The highest BCUT2D eigenvalue weighted by atomic mass is 16.6. The number of nitro benzene ring substituents is 1. The van der Waals surface area contributed by atoms with Gasteiger partial charge < -0.3 is 15.4 Å². The zero-order valence-electron chi connectivity index (χ0n) is 14.5. The van der Waals surface area contributed by atoms with E-state index in [4.69, 9.17) is 4.74 Å². The molecular weight excluding hydrogens is 348 g/mol. The minimum Gasteiger partial charge on any atom is -0.380 e. The van der Waals surface area contributed by atoms with Gasteiger partial charge in [0.15, 0.2) is 0 Å². The number of amides is 1. The first kappa shape index (κ1) is 18.4. The predicted molar refractivity (Wildman–Crippen MR) is 99.2 cm³/mol. The highest BCUT2D eigenvalue weighted by Gasteiger charge is 2.23. The zero-order chi connectivity index (χ0) is 19.2. The van der Waals surface area contributed by atoms with Crippen LogP contribution in [0, 0.1) is 21.4 Å². The Labute approximate surface area is 155 Å². The third-order valence-electron chi connectivity index (χ3n) is 4.23. The maximum atomic E-state index is 12.1. The van der Waals surface area contributed by atoms with Gasteiger partial charge in [-0.1, -0.05) is 12.1 Å². The number of nitrogens with zero attached hydrogens (tertiary/aromatic N) is 2. The van der Waals surface area contributed by atoms with Gasteiger partial charge in [0.25, 0.3) is 11.6 Å². The number of anilines is 2. The molecule has 1 amide bonds. The molecule has 27 heavy (non-hydrogen) atoms. The number of rotatable bonds is 6. The van der Waals surface area contributed by atoms with Crippen molar-refractivity contribution in [3.63, 3.8) is 0 Å². The van der Waals surface area contributed by atoms with E-state index in [-0.39, 0.29) is 17.2 Å². The fourth-order valence-corrected chi connectivity index (χ4v) is 2.86. The van der Waals surface area contributed by atoms with Crippen LogP contribution in [0.15, 0.2) is 42.5 Å². The van der Waals surface area contributed by atoms with Crippen LogP contribution in [0.25, 0.3) is 0 Å². The first-order valence-corrected chi connectivity index (χ1v) is 8.50. The van der Waals surface area contributed by atoms with Gasteiger partial charge in [0.05, 0.1) is 16.2 Å². The van der Waals surface area contributed by atoms with Gasteiger partial charge in [-0.25, -0.2) is 0 Å². The molecule has 8 heteroatoms. The second kappa shape index (κ2) is 8.29. The molecule has 8 nitrogen and oxygen atoms in total. The van der Waals surface area contributed by atoms with Gasteiger partial charge in [0.1, 0.15) is 12.2 Å². The van der Waals surface area contributed by atoms with Crippen LogP contribution in [-0.2, 0) is 16.1 Å². The van der Waals surface area contributed by atoms with E-state index >= 15 is 0 Å². The fraction of sp³-hybridized carbons (Fsp3) is 0.263. The van der Waals surface area contributed by atoms with Crippen LogP contribution in [0.1, 0.15) is 24.0 Å². The highest BCUT2D eigenvalue weighted by molar-refractivity contribution is 5.94.